The van der Waals surface area contributed by atoms with Gasteiger partial charge in [0.05, 0.1) is 16.9 Å². The van der Waals surface area contributed by atoms with E-state index in [1.165, 1.54) is 54.7 Å². The number of halogens is 4. The molecular weight excluding hydrogens is 362 g/mol. The second kappa shape index (κ2) is 7.45. The van der Waals surface area contributed by atoms with Crippen molar-refractivity contribution in [1.82, 2.24) is 4.98 Å². The van der Waals surface area contributed by atoms with Gasteiger partial charge < -0.3 is 10.6 Å². The van der Waals surface area contributed by atoms with Crippen LogP contribution < -0.4 is 10.6 Å². The van der Waals surface area contributed by atoms with E-state index in [-0.39, 0.29) is 22.8 Å². The molecule has 0 radical (unpaired) electrons. The van der Waals surface area contributed by atoms with Crippen LogP contribution in [0.4, 0.5) is 34.8 Å². The maximum absolute atomic E-state index is 13.6. The summed E-state index contributed by atoms with van der Waals surface area (Å²) in [6.45, 7) is 0. The van der Waals surface area contributed by atoms with Crippen LogP contribution in [-0.4, -0.2) is 10.9 Å². The summed E-state index contributed by atoms with van der Waals surface area (Å²) in [5.41, 5.74) is -0.936. The Morgan fingerprint density at radius 2 is 1.59 bits per heavy atom. The first-order valence-corrected chi connectivity index (χ1v) is 7.80. The second-order valence-corrected chi connectivity index (χ2v) is 5.53. The number of benzene rings is 2. The summed E-state index contributed by atoms with van der Waals surface area (Å²) < 4.78 is 52.9. The topological polar surface area (TPSA) is 54.0 Å². The number of hydrogen-bond acceptors (Lipinski definition) is 3. The van der Waals surface area contributed by atoms with Crippen molar-refractivity contribution >= 4 is 23.1 Å². The molecule has 0 spiro atoms. The highest BCUT2D eigenvalue weighted by molar-refractivity contribution is 6.04. The molecule has 0 fully saturated rings. The van der Waals surface area contributed by atoms with Crippen LogP contribution in [-0.2, 0) is 6.18 Å². The van der Waals surface area contributed by atoms with Gasteiger partial charge in [-0.1, -0.05) is 24.3 Å². The largest absolute Gasteiger partial charge is 0.418 e. The Balaban J connectivity index is 1.83. The number of para-hydroxylation sites is 2. The van der Waals surface area contributed by atoms with E-state index in [1.807, 2.05) is 0 Å². The minimum atomic E-state index is -4.54. The van der Waals surface area contributed by atoms with Crippen LogP contribution in [0.2, 0.25) is 0 Å². The van der Waals surface area contributed by atoms with E-state index in [0.717, 1.165) is 6.07 Å². The molecule has 138 valence electrons. The fourth-order valence-corrected chi connectivity index (χ4v) is 2.37. The van der Waals surface area contributed by atoms with Crippen molar-refractivity contribution in [2.24, 2.45) is 0 Å². The van der Waals surface area contributed by atoms with E-state index >= 15 is 0 Å². The summed E-state index contributed by atoms with van der Waals surface area (Å²) in [6.07, 6.45) is -3.27. The zero-order valence-electron chi connectivity index (χ0n) is 13.7. The maximum Gasteiger partial charge on any atom is 0.418 e. The van der Waals surface area contributed by atoms with Gasteiger partial charge in [0.2, 0.25) is 0 Å². The molecule has 0 aliphatic rings. The van der Waals surface area contributed by atoms with Gasteiger partial charge in [0.15, 0.2) is 0 Å². The molecule has 3 rings (SSSR count). The Hall–Kier alpha value is -3.42. The van der Waals surface area contributed by atoms with Crippen molar-refractivity contribution in [3.8, 4) is 0 Å². The predicted octanol–water partition coefficient (Wildman–Crippen LogP) is 5.24. The lowest BCUT2D eigenvalue weighted by Gasteiger charge is -2.14. The van der Waals surface area contributed by atoms with Gasteiger partial charge in [0.25, 0.3) is 5.91 Å². The highest BCUT2D eigenvalue weighted by atomic mass is 19.4. The van der Waals surface area contributed by atoms with E-state index in [9.17, 15) is 22.4 Å². The van der Waals surface area contributed by atoms with Gasteiger partial charge in [-0.25, -0.2) is 9.37 Å². The van der Waals surface area contributed by atoms with Crippen molar-refractivity contribution in [2.45, 2.75) is 6.18 Å². The van der Waals surface area contributed by atoms with Crippen LogP contribution in [0.3, 0.4) is 0 Å². The quantitative estimate of drug-likeness (QED) is 0.614. The van der Waals surface area contributed by atoms with Gasteiger partial charge in [-0.05, 0) is 36.4 Å². The van der Waals surface area contributed by atoms with Crippen LogP contribution in [0.1, 0.15) is 15.9 Å². The minimum absolute atomic E-state index is 0.00348. The Morgan fingerprint density at radius 3 is 2.30 bits per heavy atom. The first-order chi connectivity index (χ1) is 12.8. The normalized spacial score (nSPS) is 11.1. The van der Waals surface area contributed by atoms with Gasteiger partial charge in [-0.3, -0.25) is 4.79 Å². The smallest absolute Gasteiger partial charge is 0.340 e. The highest BCUT2D eigenvalue weighted by Crippen LogP contribution is 2.35. The molecule has 8 heteroatoms. The molecule has 0 unspecified atom stereocenters. The number of carbonyl (C=O) groups excluding carboxylic acids is 1. The van der Waals surface area contributed by atoms with Crippen molar-refractivity contribution in [2.75, 3.05) is 10.6 Å². The number of rotatable bonds is 4. The highest BCUT2D eigenvalue weighted by Gasteiger charge is 2.33. The number of anilines is 3. The summed E-state index contributed by atoms with van der Waals surface area (Å²) in [5, 5.41) is 4.97. The van der Waals surface area contributed by atoms with E-state index in [4.69, 9.17) is 0 Å². The lowest BCUT2D eigenvalue weighted by molar-refractivity contribution is -0.136. The first-order valence-electron chi connectivity index (χ1n) is 7.80. The van der Waals surface area contributed by atoms with Gasteiger partial charge in [0, 0.05) is 11.8 Å². The van der Waals surface area contributed by atoms with Gasteiger partial charge >= 0.3 is 6.18 Å². The number of pyridine rings is 1. The number of carbonyl (C=O) groups is 1. The van der Waals surface area contributed by atoms with Crippen LogP contribution in [0.25, 0.3) is 0 Å². The number of aromatic nitrogens is 1. The number of nitrogens with one attached hydrogen (secondary N) is 2. The van der Waals surface area contributed by atoms with E-state index in [2.05, 4.69) is 15.6 Å². The number of nitrogens with zero attached hydrogens (tertiary/aromatic N) is 1. The van der Waals surface area contributed by atoms with E-state index < -0.39 is 23.5 Å². The van der Waals surface area contributed by atoms with Crippen LogP contribution in [0.15, 0.2) is 66.9 Å². The molecule has 0 aliphatic carbocycles. The average molecular weight is 375 g/mol. The zero-order valence-corrected chi connectivity index (χ0v) is 13.7. The van der Waals surface area contributed by atoms with E-state index in [1.54, 1.807) is 6.07 Å². The van der Waals surface area contributed by atoms with Gasteiger partial charge in [-0.2, -0.15) is 13.2 Å². The molecule has 4 nitrogen and oxygen atoms in total. The summed E-state index contributed by atoms with van der Waals surface area (Å²) >= 11 is 0. The molecule has 0 saturated carbocycles. The molecule has 0 atom stereocenters. The number of hydrogen-bond donors (Lipinski definition) is 2. The molecule has 3 aromatic rings. The molecule has 0 saturated heterocycles. The lowest BCUT2D eigenvalue weighted by Crippen LogP contribution is -2.14. The Labute approximate surface area is 151 Å². The summed E-state index contributed by atoms with van der Waals surface area (Å²) in [4.78, 5) is 16.2. The summed E-state index contributed by atoms with van der Waals surface area (Å²) in [7, 11) is 0. The van der Waals surface area contributed by atoms with Crippen molar-refractivity contribution in [3.63, 3.8) is 0 Å². The van der Waals surface area contributed by atoms with Crippen LogP contribution in [0.5, 0.6) is 0 Å². The zero-order chi connectivity index (χ0) is 19.4. The van der Waals surface area contributed by atoms with Crippen LogP contribution >= 0.6 is 0 Å². The van der Waals surface area contributed by atoms with Crippen molar-refractivity contribution in [1.29, 1.82) is 0 Å². The molecule has 1 heterocycles. The molecule has 0 bridgehead atoms. The number of amides is 1. The monoisotopic (exact) mass is 375 g/mol. The van der Waals surface area contributed by atoms with Gasteiger partial charge in [0.1, 0.15) is 11.6 Å². The standard InChI is InChI=1S/C19H13F4N3O/c20-14-6-2-4-8-16(14)26-18(27)12-9-10-24-17(11-12)25-15-7-3-1-5-13(15)19(21,22)23/h1-11H,(H,24,25)(H,26,27). The Kier molecular flexibility index (Phi) is 5.07. The molecule has 1 aromatic heterocycles. The molecule has 2 N–H and O–H groups in total. The third-order valence-corrected chi connectivity index (χ3v) is 3.64. The minimum Gasteiger partial charge on any atom is -0.340 e. The molecule has 27 heavy (non-hydrogen) atoms. The summed E-state index contributed by atoms with van der Waals surface area (Å²) in [6, 6.07) is 13.2. The van der Waals surface area contributed by atoms with Crippen molar-refractivity contribution < 1.29 is 22.4 Å². The van der Waals surface area contributed by atoms with Gasteiger partial charge in [-0.15, -0.1) is 0 Å². The molecule has 0 aliphatic heterocycles. The Morgan fingerprint density at radius 1 is 0.926 bits per heavy atom. The fraction of sp³-hybridized carbons (Fsp3) is 0.0526. The predicted molar refractivity (Wildman–Crippen MR) is 93.3 cm³/mol. The SMILES string of the molecule is O=C(Nc1ccccc1F)c1ccnc(Nc2ccccc2C(F)(F)F)c1. The molecule has 1 amide bonds. The first kappa shape index (κ1) is 18.4. The third-order valence-electron chi connectivity index (χ3n) is 3.64. The Bertz CT molecular complexity index is 973. The fourth-order valence-electron chi connectivity index (χ4n) is 2.37. The average Bonchev–Trinajstić information content (AvgIpc) is 2.63. The number of alkyl halides is 3. The van der Waals surface area contributed by atoms with Crippen molar-refractivity contribution in [3.05, 3.63) is 83.8 Å². The maximum atomic E-state index is 13.6. The third kappa shape index (κ3) is 4.41. The van der Waals surface area contributed by atoms with Crippen LogP contribution in [0, 0.1) is 5.82 Å². The molecule has 2 aromatic carbocycles. The second-order valence-electron chi connectivity index (χ2n) is 5.53. The molecular formula is C19H13F4N3O. The lowest BCUT2D eigenvalue weighted by atomic mass is 10.1. The summed E-state index contributed by atoms with van der Waals surface area (Å²) in [5.74, 6) is -1.17. The van der Waals surface area contributed by atoms with E-state index in [0.29, 0.717) is 0 Å².